The van der Waals surface area contributed by atoms with Gasteiger partial charge >= 0.3 is 6.18 Å². The van der Waals surface area contributed by atoms with Gasteiger partial charge in [-0.25, -0.2) is 8.42 Å². The van der Waals surface area contributed by atoms with Crippen molar-refractivity contribution < 1.29 is 26.4 Å². The van der Waals surface area contributed by atoms with Gasteiger partial charge in [0.25, 0.3) is 0 Å². The third kappa shape index (κ3) is 5.66. The van der Waals surface area contributed by atoms with Gasteiger partial charge in [0.05, 0.1) is 22.0 Å². The van der Waals surface area contributed by atoms with Gasteiger partial charge in [0.2, 0.25) is 15.9 Å². The van der Waals surface area contributed by atoms with E-state index in [2.05, 4.69) is 0 Å². The van der Waals surface area contributed by atoms with E-state index in [0.29, 0.717) is 19.2 Å². The lowest BCUT2D eigenvalue weighted by Crippen LogP contribution is -2.53. The number of piperazine rings is 1. The normalized spacial score (nSPS) is 17.0. The predicted octanol–water partition coefficient (Wildman–Crippen LogP) is 3.31. The second-order valence-electron chi connectivity index (χ2n) is 7.81. The lowest BCUT2D eigenvalue weighted by Gasteiger charge is -2.36. The number of rotatable bonds is 6. The van der Waals surface area contributed by atoms with Crippen LogP contribution in [0.2, 0.25) is 5.02 Å². The molecule has 0 bridgehead atoms. The van der Waals surface area contributed by atoms with Gasteiger partial charge in [0.1, 0.15) is 0 Å². The Bertz CT molecular complexity index is 860. The molecule has 1 heterocycles. The fourth-order valence-corrected chi connectivity index (χ4v) is 5.28. The Balaban J connectivity index is 2.08. The van der Waals surface area contributed by atoms with Gasteiger partial charge in [-0.1, -0.05) is 11.6 Å². The molecule has 0 spiro atoms. The van der Waals surface area contributed by atoms with E-state index in [1.165, 1.54) is 0 Å². The zero-order valence-corrected chi connectivity index (χ0v) is 19.0. The lowest BCUT2D eigenvalue weighted by molar-refractivity contribution is -0.138. The van der Waals surface area contributed by atoms with Gasteiger partial charge in [-0.05, 0) is 45.9 Å². The second kappa shape index (κ2) is 9.42. The molecule has 0 saturated carbocycles. The van der Waals surface area contributed by atoms with Crippen LogP contribution in [0.25, 0.3) is 0 Å². The Kier molecular flexibility index (Phi) is 7.82. The molecule has 6 nitrogen and oxygen atoms in total. The summed E-state index contributed by atoms with van der Waals surface area (Å²) >= 11 is 5.58. The first-order valence-corrected chi connectivity index (χ1v) is 11.5. The Labute approximate surface area is 180 Å². The minimum Gasteiger partial charge on any atom is -0.337 e. The summed E-state index contributed by atoms with van der Waals surface area (Å²) in [4.78, 5) is 15.8. The fraction of sp³-hybridized carbons (Fsp3) is 0.632. The molecular weight excluding hydrogens is 443 g/mol. The van der Waals surface area contributed by atoms with Crippen molar-refractivity contribution in [2.75, 3.05) is 32.7 Å². The van der Waals surface area contributed by atoms with Crippen molar-refractivity contribution in [2.45, 2.75) is 50.9 Å². The van der Waals surface area contributed by atoms with Crippen molar-refractivity contribution in [1.82, 2.24) is 14.1 Å². The number of hydrogen-bond acceptors (Lipinski definition) is 4. The minimum absolute atomic E-state index is 0.0381. The molecule has 1 amide bonds. The summed E-state index contributed by atoms with van der Waals surface area (Å²) in [7, 11) is -4.10. The smallest absolute Gasteiger partial charge is 0.337 e. The summed E-state index contributed by atoms with van der Waals surface area (Å²) < 4.78 is 66.0. The Hall–Kier alpha value is -1.36. The minimum atomic E-state index is -4.75. The number of benzene rings is 1. The number of hydrogen-bond donors (Lipinski definition) is 0. The molecule has 170 valence electrons. The van der Waals surface area contributed by atoms with Crippen molar-refractivity contribution in [2.24, 2.45) is 0 Å². The van der Waals surface area contributed by atoms with Crippen LogP contribution >= 0.6 is 11.6 Å². The van der Waals surface area contributed by atoms with Crippen LogP contribution < -0.4 is 0 Å². The lowest BCUT2D eigenvalue weighted by atomic mass is 10.2. The highest BCUT2D eigenvalue weighted by Gasteiger charge is 2.36. The van der Waals surface area contributed by atoms with Crippen LogP contribution in [0.5, 0.6) is 0 Å². The largest absolute Gasteiger partial charge is 0.417 e. The highest BCUT2D eigenvalue weighted by molar-refractivity contribution is 7.89. The van der Waals surface area contributed by atoms with Crippen LogP contribution in [-0.2, 0) is 21.0 Å². The van der Waals surface area contributed by atoms with Crippen LogP contribution in [0.1, 0.15) is 33.3 Å². The van der Waals surface area contributed by atoms with Crippen LogP contribution in [0.3, 0.4) is 0 Å². The molecule has 1 aliphatic rings. The number of halogens is 4. The SMILES string of the molecule is CC(C)N(C(=O)CN1CCN(S(=O)(=O)c2ccc(Cl)c(C(F)(F)F)c2)CC1)C(C)C. The standard InChI is InChI=1S/C19H27ClF3N3O3S/c1-13(2)26(14(3)4)18(27)12-24-7-9-25(10-8-24)30(28,29)15-5-6-17(20)16(11-15)19(21,22)23/h5-6,11,13-14H,7-10,12H2,1-4H3. The molecule has 11 heteroatoms. The highest BCUT2D eigenvalue weighted by Crippen LogP contribution is 2.36. The summed E-state index contributed by atoms with van der Waals surface area (Å²) in [6, 6.07) is 2.68. The molecule has 0 aromatic heterocycles. The zero-order chi connectivity index (χ0) is 22.9. The van der Waals surface area contributed by atoms with Crippen LogP contribution in [0.4, 0.5) is 13.2 Å². The van der Waals surface area contributed by atoms with Crippen LogP contribution in [-0.4, -0.2) is 73.2 Å². The molecule has 1 aromatic carbocycles. The Morgan fingerprint density at radius 1 is 1.10 bits per heavy atom. The molecule has 30 heavy (non-hydrogen) atoms. The summed E-state index contributed by atoms with van der Waals surface area (Å²) in [5.41, 5.74) is -1.18. The van der Waals surface area contributed by atoms with Gasteiger partial charge in [0, 0.05) is 38.3 Å². The quantitative estimate of drug-likeness (QED) is 0.641. The maximum absolute atomic E-state index is 13.1. The van der Waals surface area contributed by atoms with Crippen molar-refractivity contribution in [3.63, 3.8) is 0 Å². The van der Waals surface area contributed by atoms with Gasteiger partial charge in [-0.15, -0.1) is 0 Å². The molecule has 2 rings (SSSR count). The van der Waals surface area contributed by atoms with Gasteiger partial charge < -0.3 is 4.90 Å². The molecule has 0 N–H and O–H groups in total. The first kappa shape index (κ1) is 24.9. The third-order valence-electron chi connectivity index (χ3n) is 4.97. The molecule has 1 aromatic rings. The van der Waals surface area contributed by atoms with Crippen molar-refractivity contribution in [1.29, 1.82) is 0 Å². The molecule has 0 aliphatic carbocycles. The van der Waals surface area contributed by atoms with E-state index in [4.69, 9.17) is 11.6 Å². The Morgan fingerprint density at radius 3 is 2.10 bits per heavy atom. The maximum atomic E-state index is 13.1. The zero-order valence-electron chi connectivity index (χ0n) is 17.4. The summed E-state index contributed by atoms with van der Waals surface area (Å²) in [5.74, 6) is -0.0381. The first-order chi connectivity index (χ1) is 13.7. The molecular formula is C19H27ClF3N3O3S. The van der Waals surface area contributed by atoms with E-state index in [0.717, 1.165) is 16.4 Å². The average Bonchev–Trinajstić information content (AvgIpc) is 2.60. The number of nitrogens with zero attached hydrogens (tertiary/aromatic N) is 3. The molecule has 1 saturated heterocycles. The van der Waals surface area contributed by atoms with Crippen LogP contribution in [0.15, 0.2) is 23.1 Å². The molecule has 0 unspecified atom stereocenters. The Morgan fingerprint density at radius 2 is 1.63 bits per heavy atom. The summed E-state index contributed by atoms with van der Waals surface area (Å²) in [6.45, 7) is 8.71. The first-order valence-electron chi connectivity index (χ1n) is 9.65. The van der Waals surface area contributed by atoms with Gasteiger partial charge in [-0.3, -0.25) is 9.69 Å². The number of sulfonamides is 1. The van der Waals surface area contributed by atoms with E-state index in [-0.39, 0.29) is 37.6 Å². The number of amides is 1. The van der Waals surface area contributed by atoms with E-state index in [1.807, 2.05) is 32.6 Å². The molecule has 1 aliphatic heterocycles. The van der Waals surface area contributed by atoms with Crippen molar-refractivity contribution >= 4 is 27.5 Å². The summed E-state index contributed by atoms with van der Waals surface area (Å²) in [6.07, 6.45) is -4.75. The molecule has 0 atom stereocenters. The number of alkyl halides is 3. The van der Waals surface area contributed by atoms with E-state index in [9.17, 15) is 26.4 Å². The summed E-state index contributed by atoms with van der Waals surface area (Å²) in [5, 5.41) is -0.551. The number of carbonyl (C=O) groups excluding carboxylic acids is 1. The number of carbonyl (C=O) groups is 1. The average molecular weight is 470 g/mol. The van der Waals surface area contributed by atoms with Gasteiger partial charge in [-0.2, -0.15) is 17.5 Å². The van der Waals surface area contributed by atoms with E-state index in [1.54, 1.807) is 4.90 Å². The molecule has 0 radical (unpaired) electrons. The highest BCUT2D eigenvalue weighted by atomic mass is 35.5. The second-order valence-corrected chi connectivity index (χ2v) is 10.2. The van der Waals surface area contributed by atoms with Crippen molar-refractivity contribution in [3.05, 3.63) is 28.8 Å². The van der Waals surface area contributed by atoms with E-state index >= 15 is 0 Å². The van der Waals surface area contributed by atoms with Crippen molar-refractivity contribution in [3.8, 4) is 0 Å². The third-order valence-corrected chi connectivity index (χ3v) is 7.20. The maximum Gasteiger partial charge on any atom is 0.417 e. The van der Waals surface area contributed by atoms with Crippen LogP contribution in [0, 0.1) is 0 Å². The van der Waals surface area contributed by atoms with E-state index < -0.39 is 31.7 Å². The van der Waals surface area contributed by atoms with Gasteiger partial charge in [0.15, 0.2) is 0 Å². The predicted molar refractivity (Wildman–Crippen MR) is 109 cm³/mol. The topological polar surface area (TPSA) is 60.9 Å². The fourth-order valence-electron chi connectivity index (χ4n) is 3.60. The molecule has 1 fully saturated rings. The monoisotopic (exact) mass is 469 g/mol.